The minimum Gasteiger partial charge on any atom is -1.00 e. The first-order chi connectivity index (χ1) is 7.79. The summed E-state index contributed by atoms with van der Waals surface area (Å²) in [4.78, 5) is 24.2. The first kappa shape index (κ1) is 11.4. The topological polar surface area (TPSA) is 34.1 Å². The van der Waals surface area contributed by atoms with Crippen molar-refractivity contribution in [3.63, 3.8) is 0 Å². The Kier molecular flexibility index (Phi) is 2.74. The third-order valence-corrected chi connectivity index (χ3v) is 2.83. The molecule has 0 radical (unpaired) electrons. The van der Waals surface area contributed by atoms with E-state index in [1.54, 1.807) is 48.5 Å². The predicted octanol–water partition coefficient (Wildman–Crippen LogP) is 2.31. The molecular weight excluding hydrogens is 209 g/mol. The fraction of sp³-hybridized carbons (Fsp3) is 0. The Balaban J connectivity index is 0.00000108. The summed E-state index contributed by atoms with van der Waals surface area (Å²) in [6.45, 7) is 0. The first-order valence-corrected chi connectivity index (χ1v) is 5.06. The van der Waals surface area contributed by atoms with Crippen molar-refractivity contribution in [2.75, 3.05) is 0 Å². The number of carbonyl (C=O) groups excluding carboxylic acids is 2. The van der Waals surface area contributed by atoms with Crippen LogP contribution in [0.3, 0.4) is 0 Å². The first-order valence-electron chi connectivity index (χ1n) is 5.06. The number of hydrogen-bond acceptors (Lipinski definition) is 2. The summed E-state index contributed by atoms with van der Waals surface area (Å²) in [7, 11) is 0. The van der Waals surface area contributed by atoms with Crippen molar-refractivity contribution >= 4 is 21.7 Å². The van der Waals surface area contributed by atoms with Crippen LogP contribution in [0, 0.1) is 0 Å². The van der Waals surface area contributed by atoms with Gasteiger partial charge in [-0.3, -0.25) is 9.59 Å². The fourth-order valence-electron chi connectivity index (χ4n) is 2.05. The second kappa shape index (κ2) is 4.08. The van der Waals surface area contributed by atoms with Crippen LogP contribution in [0.4, 0.5) is 0 Å². The van der Waals surface area contributed by atoms with Gasteiger partial charge in [-0.15, -0.1) is 0 Å². The minimum atomic E-state index is -0.0641. The zero-order valence-electron chi connectivity index (χ0n) is 11.1. The molecule has 0 bridgehead atoms. The van der Waals surface area contributed by atoms with Gasteiger partial charge in [-0.2, -0.15) is 0 Å². The summed E-state index contributed by atoms with van der Waals surface area (Å²) >= 11 is 0. The normalized spacial score (nSPS) is 12.5. The van der Waals surface area contributed by atoms with Crippen LogP contribution in [0.1, 0.15) is 34.7 Å². The third kappa shape index (κ3) is 1.54. The van der Waals surface area contributed by atoms with Gasteiger partial charge in [0.1, 0.15) is 0 Å². The summed E-state index contributed by atoms with van der Waals surface area (Å²) in [6.07, 6.45) is 0. The van der Waals surface area contributed by atoms with E-state index in [1.165, 1.54) is 0 Å². The van der Waals surface area contributed by atoms with Crippen molar-refractivity contribution in [1.82, 2.24) is 0 Å². The second-order valence-corrected chi connectivity index (χ2v) is 3.75. The molecule has 1 aliphatic carbocycles. The van der Waals surface area contributed by atoms with E-state index >= 15 is 0 Å². The van der Waals surface area contributed by atoms with E-state index in [0.29, 0.717) is 22.3 Å². The van der Waals surface area contributed by atoms with Crippen molar-refractivity contribution in [3.05, 3.63) is 70.8 Å². The SMILES string of the molecule is O=C1c2ccccc2C(=O)c2ccccc21.[Be+2].[H-].[H-]. The smallest absolute Gasteiger partial charge is 1.00 e. The van der Waals surface area contributed by atoms with Gasteiger partial charge >= 0.3 is 10.1 Å². The molecule has 0 unspecified atom stereocenters. The summed E-state index contributed by atoms with van der Waals surface area (Å²) in [5.41, 5.74) is 2.02. The van der Waals surface area contributed by atoms with Crippen LogP contribution in [0.25, 0.3) is 0 Å². The van der Waals surface area contributed by atoms with Crippen LogP contribution >= 0.6 is 0 Å². The van der Waals surface area contributed by atoms with Gasteiger partial charge in [0, 0.05) is 22.3 Å². The van der Waals surface area contributed by atoms with Crippen molar-refractivity contribution < 1.29 is 12.4 Å². The monoisotopic (exact) mass is 219 g/mol. The second-order valence-electron chi connectivity index (χ2n) is 3.75. The van der Waals surface area contributed by atoms with E-state index in [2.05, 4.69) is 0 Å². The number of benzene rings is 2. The number of fused-ring (bicyclic) bond motifs is 2. The van der Waals surface area contributed by atoms with Crippen LogP contribution < -0.4 is 0 Å². The Morgan fingerprint density at radius 1 is 0.588 bits per heavy atom. The van der Waals surface area contributed by atoms with E-state index in [1.807, 2.05) is 0 Å². The van der Waals surface area contributed by atoms with Crippen LogP contribution in [-0.4, -0.2) is 21.7 Å². The maximum atomic E-state index is 12.1. The summed E-state index contributed by atoms with van der Waals surface area (Å²) in [6, 6.07) is 13.9. The van der Waals surface area contributed by atoms with Crippen molar-refractivity contribution in [1.29, 1.82) is 0 Å². The van der Waals surface area contributed by atoms with E-state index in [9.17, 15) is 9.59 Å². The van der Waals surface area contributed by atoms with Crippen LogP contribution in [0.5, 0.6) is 0 Å². The zero-order chi connectivity index (χ0) is 11.1. The summed E-state index contributed by atoms with van der Waals surface area (Å²) < 4.78 is 0. The average molecular weight is 219 g/mol. The van der Waals surface area contributed by atoms with Crippen molar-refractivity contribution in [2.45, 2.75) is 0 Å². The Morgan fingerprint density at radius 3 is 1.06 bits per heavy atom. The molecule has 0 amide bonds. The van der Waals surface area contributed by atoms with Gasteiger partial charge in [-0.05, 0) is 0 Å². The Hall–Kier alpha value is -2.05. The zero-order valence-corrected chi connectivity index (χ0v) is 9.14. The van der Waals surface area contributed by atoms with Crippen molar-refractivity contribution in [2.24, 2.45) is 0 Å². The summed E-state index contributed by atoms with van der Waals surface area (Å²) in [5, 5.41) is 0. The molecule has 1 aliphatic rings. The molecule has 0 saturated carbocycles. The van der Waals surface area contributed by atoms with Crippen LogP contribution in [-0.2, 0) is 0 Å². The van der Waals surface area contributed by atoms with E-state index in [-0.39, 0.29) is 24.5 Å². The molecule has 0 spiro atoms. The molecule has 0 fully saturated rings. The average Bonchev–Trinajstić information content (AvgIpc) is 2.36. The molecule has 2 aromatic rings. The van der Waals surface area contributed by atoms with Gasteiger partial charge in [0.25, 0.3) is 0 Å². The minimum absolute atomic E-state index is 0. The quantitative estimate of drug-likeness (QED) is 0.544. The number of carbonyl (C=O) groups is 2. The molecule has 3 rings (SSSR count). The number of hydrogen-bond donors (Lipinski definition) is 0. The molecule has 2 nitrogen and oxygen atoms in total. The van der Waals surface area contributed by atoms with Crippen LogP contribution in [0.2, 0.25) is 0 Å². The van der Waals surface area contributed by atoms with Gasteiger partial charge in [-0.25, -0.2) is 0 Å². The Bertz CT molecular complexity index is 521. The van der Waals surface area contributed by atoms with Crippen LogP contribution in [0.15, 0.2) is 48.5 Å². The van der Waals surface area contributed by atoms with Gasteiger partial charge in [-0.1, -0.05) is 48.5 Å². The van der Waals surface area contributed by atoms with Gasteiger partial charge in [0.05, 0.1) is 0 Å². The predicted molar refractivity (Wildman–Crippen MR) is 67.7 cm³/mol. The van der Waals surface area contributed by atoms with Crippen molar-refractivity contribution in [3.8, 4) is 0 Å². The molecule has 3 heteroatoms. The van der Waals surface area contributed by atoms with E-state index in [0.717, 1.165) is 0 Å². The molecule has 0 aliphatic heterocycles. The van der Waals surface area contributed by atoms with E-state index < -0.39 is 0 Å². The van der Waals surface area contributed by atoms with Gasteiger partial charge in [0.15, 0.2) is 11.6 Å². The van der Waals surface area contributed by atoms with E-state index in [4.69, 9.17) is 0 Å². The Labute approximate surface area is 105 Å². The molecule has 0 aromatic heterocycles. The number of rotatable bonds is 0. The molecule has 0 atom stereocenters. The molecule has 0 saturated heterocycles. The molecule has 17 heavy (non-hydrogen) atoms. The van der Waals surface area contributed by atoms with Gasteiger partial charge in [0.2, 0.25) is 0 Å². The maximum Gasteiger partial charge on any atom is 2.00 e. The Morgan fingerprint density at radius 2 is 0.824 bits per heavy atom. The standard InChI is InChI=1S/C14H8O2.Be.2H/c15-13-9-5-1-2-6-10(9)14(16)12-8-4-3-7-11(12)13;;;/h1-8H;;;/q;+2;2*-1. The largest absolute Gasteiger partial charge is 2.00 e. The van der Waals surface area contributed by atoms with Gasteiger partial charge < -0.3 is 2.85 Å². The molecule has 80 valence electrons. The summed E-state index contributed by atoms with van der Waals surface area (Å²) in [5.74, 6) is -0.128. The molecular formula is C14H10BeO2. The third-order valence-electron chi connectivity index (χ3n) is 2.83. The molecule has 0 heterocycles. The maximum absolute atomic E-state index is 12.1. The fourth-order valence-corrected chi connectivity index (χ4v) is 2.05. The molecule has 0 N–H and O–H groups in total. The number of ketones is 2. The molecule has 2 aromatic carbocycles.